The molecule has 2 aromatic carbocycles. The molecule has 0 fully saturated rings. The van der Waals surface area contributed by atoms with Crippen molar-refractivity contribution < 1.29 is 8.42 Å². The van der Waals surface area contributed by atoms with E-state index < -0.39 is 10.0 Å². The zero-order valence-corrected chi connectivity index (χ0v) is 12.6. The van der Waals surface area contributed by atoms with Crippen LogP contribution in [0.2, 0.25) is 0 Å². The fourth-order valence-corrected chi connectivity index (χ4v) is 2.85. The number of benzene rings is 2. The molecule has 0 aliphatic carbocycles. The van der Waals surface area contributed by atoms with Crippen LogP contribution in [0.5, 0.6) is 0 Å². The molecule has 0 saturated heterocycles. The molecule has 0 spiro atoms. The normalized spacial score (nSPS) is 12.9. The first-order valence-electron chi connectivity index (χ1n) is 6.59. The average molecular weight is 305 g/mol. The van der Waals surface area contributed by atoms with Crippen LogP contribution in [0.3, 0.4) is 0 Å². The summed E-state index contributed by atoms with van der Waals surface area (Å²) in [5.74, 6) is 0. The van der Waals surface area contributed by atoms with Crippen LogP contribution in [0, 0.1) is 0 Å². The van der Waals surface area contributed by atoms with Gasteiger partial charge in [0.15, 0.2) is 0 Å². The van der Waals surface area contributed by atoms with Gasteiger partial charge in [-0.1, -0.05) is 30.3 Å². The number of hydrogen-bond donors (Lipinski definition) is 3. The van der Waals surface area contributed by atoms with E-state index in [4.69, 9.17) is 10.9 Å². The Kier molecular flexibility index (Phi) is 4.50. The van der Waals surface area contributed by atoms with E-state index in [0.29, 0.717) is 0 Å². The minimum absolute atomic E-state index is 0.0521. The van der Waals surface area contributed by atoms with Crippen molar-refractivity contribution in [1.29, 1.82) is 0 Å². The third-order valence-corrected chi connectivity index (χ3v) is 4.10. The van der Waals surface area contributed by atoms with Gasteiger partial charge in [-0.25, -0.2) is 13.6 Å². The third-order valence-electron chi connectivity index (χ3n) is 3.11. The number of sulfonamides is 1. The maximum Gasteiger partial charge on any atom is 0.240 e. The fraction of sp³-hybridized carbons (Fsp3) is 0.200. The van der Waals surface area contributed by atoms with Crippen LogP contribution in [-0.2, 0) is 16.4 Å². The molecule has 0 radical (unpaired) electrons. The average Bonchev–Trinajstić information content (AvgIpc) is 2.38. The Morgan fingerprint density at radius 1 is 1.14 bits per heavy atom. The molecule has 0 aliphatic rings. The van der Waals surface area contributed by atoms with E-state index in [2.05, 4.69) is 24.4 Å². The monoisotopic (exact) mass is 305 g/mol. The van der Waals surface area contributed by atoms with Gasteiger partial charge in [-0.15, -0.1) is 0 Å². The second-order valence-electron chi connectivity index (χ2n) is 5.03. The van der Waals surface area contributed by atoms with Crippen molar-refractivity contribution in [2.75, 3.05) is 11.1 Å². The molecule has 0 saturated carbocycles. The third kappa shape index (κ3) is 4.21. The molecule has 0 aliphatic heterocycles. The molecule has 1 atom stereocenters. The van der Waals surface area contributed by atoms with E-state index >= 15 is 0 Å². The molecule has 6 heteroatoms. The molecule has 0 amide bonds. The topological polar surface area (TPSA) is 98.2 Å². The second kappa shape index (κ2) is 6.15. The minimum atomic E-state index is -3.78. The van der Waals surface area contributed by atoms with Gasteiger partial charge in [0, 0.05) is 11.7 Å². The molecular weight excluding hydrogens is 286 g/mol. The minimum Gasteiger partial charge on any atom is -0.398 e. The summed E-state index contributed by atoms with van der Waals surface area (Å²) in [4.78, 5) is -0.0521. The van der Waals surface area contributed by atoms with Crippen LogP contribution >= 0.6 is 0 Å². The van der Waals surface area contributed by atoms with E-state index in [1.54, 1.807) is 12.1 Å². The van der Waals surface area contributed by atoms with Crippen molar-refractivity contribution in [2.24, 2.45) is 5.14 Å². The Labute approximate surface area is 125 Å². The Morgan fingerprint density at radius 2 is 1.81 bits per heavy atom. The number of hydrogen-bond acceptors (Lipinski definition) is 4. The molecule has 2 aromatic rings. The molecule has 0 heterocycles. The highest BCUT2D eigenvalue weighted by molar-refractivity contribution is 7.89. The summed E-state index contributed by atoms with van der Waals surface area (Å²) in [6.07, 6.45) is 0.859. The van der Waals surface area contributed by atoms with Crippen LogP contribution in [0.25, 0.3) is 0 Å². The first-order valence-corrected chi connectivity index (χ1v) is 8.13. The summed E-state index contributed by atoms with van der Waals surface area (Å²) >= 11 is 0. The molecule has 5 nitrogen and oxygen atoms in total. The van der Waals surface area contributed by atoms with Gasteiger partial charge in [0.2, 0.25) is 10.0 Å². The van der Waals surface area contributed by atoms with Crippen molar-refractivity contribution >= 4 is 21.4 Å². The van der Waals surface area contributed by atoms with Crippen LogP contribution in [-0.4, -0.2) is 14.5 Å². The Morgan fingerprint density at radius 3 is 2.38 bits per heavy atom. The highest BCUT2D eigenvalue weighted by Crippen LogP contribution is 2.22. The largest absolute Gasteiger partial charge is 0.398 e. The predicted octanol–water partition coefficient (Wildman–Crippen LogP) is 1.96. The number of primary sulfonamides is 1. The van der Waals surface area contributed by atoms with Crippen molar-refractivity contribution in [3.63, 3.8) is 0 Å². The van der Waals surface area contributed by atoms with E-state index in [0.717, 1.165) is 12.1 Å². The van der Waals surface area contributed by atoms with Gasteiger partial charge in [-0.3, -0.25) is 0 Å². The fourth-order valence-electron chi connectivity index (χ4n) is 2.20. The summed E-state index contributed by atoms with van der Waals surface area (Å²) < 4.78 is 22.6. The zero-order valence-electron chi connectivity index (χ0n) is 11.8. The van der Waals surface area contributed by atoms with Crippen LogP contribution in [0.15, 0.2) is 53.4 Å². The van der Waals surface area contributed by atoms with E-state index in [-0.39, 0.29) is 16.6 Å². The summed E-state index contributed by atoms with van der Waals surface area (Å²) in [6.45, 7) is 2.05. The molecule has 0 bridgehead atoms. The summed E-state index contributed by atoms with van der Waals surface area (Å²) in [7, 11) is -3.78. The smallest absolute Gasteiger partial charge is 0.240 e. The highest BCUT2D eigenvalue weighted by Gasteiger charge is 2.13. The van der Waals surface area contributed by atoms with Crippen molar-refractivity contribution in [2.45, 2.75) is 24.3 Å². The van der Waals surface area contributed by atoms with Gasteiger partial charge < -0.3 is 11.1 Å². The van der Waals surface area contributed by atoms with Crippen molar-refractivity contribution in [1.82, 2.24) is 0 Å². The first-order chi connectivity index (χ1) is 9.86. The Balaban J connectivity index is 2.08. The molecular formula is C15H19N3O2S. The first kappa shape index (κ1) is 15.3. The second-order valence-corrected chi connectivity index (χ2v) is 6.56. The van der Waals surface area contributed by atoms with Crippen molar-refractivity contribution in [3.05, 3.63) is 54.1 Å². The quantitative estimate of drug-likeness (QED) is 0.735. The lowest BCUT2D eigenvalue weighted by Gasteiger charge is -2.16. The van der Waals surface area contributed by atoms with Crippen molar-refractivity contribution in [3.8, 4) is 0 Å². The lowest BCUT2D eigenvalue weighted by molar-refractivity contribution is 0.598. The van der Waals surface area contributed by atoms with E-state index in [1.807, 2.05) is 18.2 Å². The summed E-state index contributed by atoms with van der Waals surface area (Å²) in [5, 5.41) is 8.38. The van der Waals surface area contributed by atoms with Gasteiger partial charge in [0.25, 0.3) is 0 Å². The van der Waals surface area contributed by atoms with E-state index in [9.17, 15) is 8.42 Å². The number of nitrogens with one attached hydrogen (secondary N) is 1. The van der Waals surface area contributed by atoms with Crippen LogP contribution in [0.1, 0.15) is 12.5 Å². The lowest BCUT2D eigenvalue weighted by atomic mass is 10.1. The SMILES string of the molecule is CC(Cc1ccccc1)Nc1ccc(S(N)(=O)=O)c(N)c1. The van der Waals surface area contributed by atoms with Gasteiger partial charge >= 0.3 is 0 Å². The van der Waals surface area contributed by atoms with Gasteiger partial charge in [-0.2, -0.15) is 0 Å². The number of nitrogens with two attached hydrogens (primary N) is 2. The lowest BCUT2D eigenvalue weighted by Crippen LogP contribution is -2.19. The molecule has 0 aromatic heterocycles. The highest BCUT2D eigenvalue weighted by atomic mass is 32.2. The molecule has 5 N–H and O–H groups in total. The van der Waals surface area contributed by atoms with Gasteiger partial charge in [0.05, 0.1) is 5.69 Å². The van der Waals surface area contributed by atoms with Gasteiger partial charge in [-0.05, 0) is 37.1 Å². The molecule has 21 heavy (non-hydrogen) atoms. The Hall–Kier alpha value is -2.05. The maximum absolute atomic E-state index is 11.3. The number of rotatable bonds is 5. The maximum atomic E-state index is 11.3. The number of anilines is 2. The standard InChI is InChI=1S/C15H19N3O2S/c1-11(9-12-5-3-2-4-6-12)18-13-7-8-15(14(16)10-13)21(17,19)20/h2-8,10-11,18H,9,16H2,1H3,(H2,17,19,20). The zero-order chi connectivity index (χ0) is 15.5. The molecule has 112 valence electrons. The van der Waals surface area contributed by atoms with E-state index in [1.165, 1.54) is 11.6 Å². The van der Waals surface area contributed by atoms with Crippen LogP contribution in [0.4, 0.5) is 11.4 Å². The molecule has 2 rings (SSSR count). The number of nitrogen functional groups attached to an aromatic ring is 1. The summed E-state index contributed by atoms with van der Waals surface area (Å²) in [6, 6.07) is 15.0. The van der Waals surface area contributed by atoms with Crippen LogP contribution < -0.4 is 16.2 Å². The predicted molar refractivity (Wildman–Crippen MR) is 85.5 cm³/mol. The van der Waals surface area contributed by atoms with Gasteiger partial charge in [0.1, 0.15) is 4.90 Å². The molecule has 1 unspecified atom stereocenters. The summed E-state index contributed by atoms with van der Waals surface area (Å²) in [5.41, 5.74) is 7.88. The Bertz CT molecular complexity index is 715.